The maximum absolute atomic E-state index is 12.9. The smallest absolute Gasteiger partial charge is 0.407 e. The van der Waals surface area contributed by atoms with Crippen LogP contribution in [0.15, 0.2) is 48.5 Å². The Hall–Kier alpha value is -3.35. The second-order valence-electron chi connectivity index (χ2n) is 9.74. The van der Waals surface area contributed by atoms with Gasteiger partial charge in [-0.15, -0.1) is 0 Å². The fourth-order valence-electron chi connectivity index (χ4n) is 5.52. The summed E-state index contributed by atoms with van der Waals surface area (Å²) in [6.45, 7) is 2.24. The molecular formula is C28H34N2O5. The van der Waals surface area contributed by atoms with Crippen molar-refractivity contribution in [1.82, 2.24) is 10.6 Å². The number of aliphatic carboxylic acids is 1. The molecule has 186 valence electrons. The van der Waals surface area contributed by atoms with Crippen LogP contribution in [0.25, 0.3) is 11.1 Å². The molecule has 0 saturated heterocycles. The molecule has 1 fully saturated rings. The van der Waals surface area contributed by atoms with E-state index in [0.29, 0.717) is 19.3 Å². The zero-order chi connectivity index (χ0) is 24.8. The number of amides is 2. The van der Waals surface area contributed by atoms with Crippen molar-refractivity contribution in [2.75, 3.05) is 13.2 Å². The lowest BCUT2D eigenvalue weighted by molar-refractivity contribution is -0.142. The van der Waals surface area contributed by atoms with Crippen molar-refractivity contribution < 1.29 is 24.2 Å². The Kier molecular flexibility index (Phi) is 7.73. The van der Waals surface area contributed by atoms with Crippen molar-refractivity contribution >= 4 is 18.0 Å². The molecule has 2 aliphatic carbocycles. The molecule has 7 heteroatoms. The molecule has 0 radical (unpaired) electrons. The Morgan fingerprint density at radius 3 is 2.20 bits per heavy atom. The number of fused-ring (bicyclic) bond motifs is 3. The third-order valence-corrected chi connectivity index (χ3v) is 7.30. The zero-order valence-corrected chi connectivity index (χ0v) is 20.2. The van der Waals surface area contributed by atoms with Gasteiger partial charge in [0, 0.05) is 18.9 Å². The largest absolute Gasteiger partial charge is 0.481 e. The average molecular weight is 479 g/mol. The molecule has 0 aromatic heterocycles. The van der Waals surface area contributed by atoms with Gasteiger partial charge in [0.2, 0.25) is 5.91 Å². The van der Waals surface area contributed by atoms with Crippen LogP contribution in [0, 0.1) is 5.92 Å². The molecule has 2 aromatic carbocycles. The van der Waals surface area contributed by atoms with E-state index < -0.39 is 23.5 Å². The molecule has 4 rings (SSSR count). The van der Waals surface area contributed by atoms with Crippen molar-refractivity contribution in [3.8, 4) is 11.1 Å². The molecule has 1 atom stereocenters. The van der Waals surface area contributed by atoms with Gasteiger partial charge >= 0.3 is 12.1 Å². The fraction of sp³-hybridized carbons (Fsp3) is 0.464. The number of carboxylic acid groups (broad SMARTS) is 1. The molecule has 0 aliphatic heterocycles. The Labute approximate surface area is 206 Å². The topological polar surface area (TPSA) is 105 Å². The van der Waals surface area contributed by atoms with E-state index in [0.717, 1.165) is 30.4 Å². The minimum Gasteiger partial charge on any atom is -0.481 e. The SMILES string of the molecule is CCCC(CNC(=O)CC1(NC(=O)OCC2c3ccccc3-c3ccccc32)CCCC1)C(=O)O. The second kappa shape index (κ2) is 10.9. The van der Waals surface area contributed by atoms with Gasteiger partial charge in [-0.25, -0.2) is 4.79 Å². The molecule has 1 unspecified atom stereocenters. The van der Waals surface area contributed by atoms with Crippen LogP contribution in [0.3, 0.4) is 0 Å². The normalized spacial score (nSPS) is 16.7. The maximum Gasteiger partial charge on any atom is 0.407 e. The molecule has 35 heavy (non-hydrogen) atoms. The van der Waals surface area contributed by atoms with Gasteiger partial charge < -0.3 is 20.5 Å². The lowest BCUT2D eigenvalue weighted by Gasteiger charge is -2.30. The first-order valence-corrected chi connectivity index (χ1v) is 12.5. The number of alkyl carbamates (subject to hydrolysis) is 1. The summed E-state index contributed by atoms with van der Waals surface area (Å²) in [4.78, 5) is 36.9. The number of hydrogen-bond acceptors (Lipinski definition) is 4. The first-order chi connectivity index (χ1) is 16.9. The van der Waals surface area contributed by atoms with Crippen LogP contribution in [0.2, 0.25) is 0 Å². The highest BCUT2D eigenvalue weighted by Gasteiger charge is 2.38. The van der Waals surface area contributed by atoms with E-state index in [1.54, 1.807) is 0 Å². The Morgan fingerprint density at radius 2 is 1.63 bits per heavy atom. The highest BCUT2D eigenvalue weighted by Crippen LogP contribution is 2.44. The highest BCUT2D eigenvalue weighted by molar-refractivity contribution is 5.80. The van der Waals surface area contributed by atoms with E-state index in [1.165, 1.54) is 11.1 Å². The number of carbonyl (C=O) groups excluding carboxylic acids is 2. The van der Waals surface area contributed by atoms with Crippen LogP contribution in [-0.2, 0) is 14.3 Å². The Bertz CT molecular complexity index is 1030. The minimum absolute atomic E-state index is 0.0255. The number of benzene rings is 2. The van der Waals surface area contributed by atoms with Gasteiger partial charge in [-0.3, -0.25) is 9.59 Å². The third-order valence-electron chi connectivity index (χ3n) is 7.30. The summed E-state index contributed by atoms with van der Waals surface area (Å²) in [7, 11) is 0. The summed E-state index contributed by atoms with van der Waals surface area (Å²) in [6.07, 6.45) is 4.09. The van der Waals surface area contributed by atoms with Gasteiger partial charge in [-0.1, -0.05) is 74.7 Å². The minimum atomic E-state index is -0.903. The molecule has 0 heterocycles. The van der Waals surface area contributed by atoms with Crippen molar-refractivity contribution in [3.05, 3.63) is 59.7 Å². The first kappa shape index (κ1) is 24.8. The summed E-state index contributed by atoms with van der Waals surface area (Å²) in [6, 6.07) is 16.4. The van der Waals surface area contributed by atoms with E-state index in [2.05, 4.69) is 34.9 Å². The average Bonchev–Trinajstić information content (AvgIpc) is 3.42. The molecule has 0 spiro atoms. The van der Waals surface area contributed by atoms with Crippen LogP contribution in [0.5, 0.6) is 0 Å². The summed E-state index contributed by atoms with van der Waals surface area (Å²) in [5, 5.41) is 15.1. The molecule has 1 saturated carbocycles. The van der Waals surface area contributed by atoms with Gasteiger partial charge in [-0.05, 0) is 41.5 Å². The third kappa shape index (κ3) is 5.66. The van der Waals surface area contributed by atoms with Crippen molar-refractivity contribution in [1.29, 1.82) is 0 Å². The number of rotatable bonds is 10. The first-order valence-electron chi connectivity index (χ1n) is 12.5. The number of carbonyl (C=O) groups is 3. The standard InChI is InChI=1S/C28H34N2O5/c1-2-9-19(26(32)33)17-29-25(31)16-28(14-7-8-15-28)30-27(34)35-18-24-22-12-5-3-10-20(22)21-11-4-6-13-23(21)24/h3-6,10-13,19,24H,2,7-9,14-18H2,1H3,(H,29,31)(H,30,34)(H,32,33). The van der Waals surface area contributed by atoms with Gasteiger partial charge in [0.1, 0.15) is 6.61 Å². The summed E-state index contributed by atoms with van der Waals surface area (Å²) < 4.78 is 5.71. The predicted octanol–water partition coefficient (Wildman–Crippen LogP) is 4.85. The molecule has 2 amide bonds. The van der Waals surface area contributed by atoms with Crippen LogP contribution < -0.4 is 10.6 Å². The van der Waals surface area contributed by atoms with E-state index in [1.807, 2.05) is 31.2 Å². The number of nitrogens with one attached hydrogen (secondary N) is 2. The lowest BCUT2D eigenvalue weighted by atomic mass is 9.92. The monoisotopic (exact) mass is 478 g/mol. The summed E-state index contributed by atoms with van der Waals surface area (Å²) in [5.74, 6) is -1.77. The summed E-state index contributed by atoms with van der Waals surface area (Å²) in [5.41, 5.74) is 3.98. The van der Waals surface area contributed by atoms with E-state index >= 15 is 0 Å². The molecular weight excluding hydrogens is 444 g/mol. The molecule has 7 nitrogen and oxygen atoms in total. The van der Waals surface area contributed by atoms with Gasteiger partial charge in [0.25, 0.3) is 0 Å². The van der Waals surface area contributed by atoms with Crippen LogP contribution in [0.1, 0.15) is 68.9 Å². The second-order valence-corrected chi connectivity index (χ2v) is 9.74. The van der Waals surface area contributed by atoms with Crippen LogP contribution in [-0.4, -0.2) is 41.8 Å². The summed E-state index contributed by atoms with van der Waals surface area (Å²) >= 11 is 0. The molecule has 0 bridgehead atoms. The predicted molar refractivity (Wildman–Crippen MR) is 133 cm³/mol. The van der Waals surface area contributed by atoms with Crippen molar-refractivity contribution in [2.45, 2.75) is 63.3 Å². The van der Waals surface area contributed by atoms with Crippen molar-refractivity contribution in [3.63, 3.8) is 0 Å². The zero-order valence-electron chi connectivity index (χ0n) is 20.2. The van der Waals surface area contributed by atoms with Gasteiger partial charge in [0.15, 0.2) is 0 Å². The maximum atomic E-state index is 12.9. The Morgan fingerprint density at radius 1 is 1.03 bits per heavy atom. The highest BCUT2D eigenvalue weighted by atomic mass is 16.5. The quantitative estimate of drug-likeness (QED) is 0.453. The van der Waals surface area contributed by atoms with E-state index in [9.17, 15) is 19.5 Å². The van der Waals surface area contributed by atoms with Crippen molar-refractivity contribution in [2.24, 2.45) is 5.92 Å². The Balaban J connectivity index is 1.36. The molecule has 3 N–H and O–H groups in total. The molecule has 2 aromatic rings. The molecule has 2 aliphatic rings. The number of hydrogen-bond donors (Lipinski definition) is 3. The number of carboxylic acids is 1. The lowest BCUT2D eigenvalue weighted by Crippen LogP contribution is -2.50. The van der Waals surface area contributed by atoms with E-state index in [4.69, 9.17) is 4.74 Å². The van der Waals surface area contributed by atoms with Gasteiger partial charge in [0.05, 0.1) is 11.5 Å². The fourth-order valence-corrected chi connectivity index (χ4v) is 5.52. The van der Waals surface area contributed by atoms with Crippen LogP contribution >= 0.6 is 0 Å². The van der Waals surface area contributed by atoms with Gasteiger partial charge in [-0.2, -0.15) is 0 Å². The number of ether oxygens (including phenoxy) is 1. The van der Waals surface area contributed by atoms with E-state index in [-0.39, 0.29) is 31.4 Å². The van der Waals surface area contributed by atoms with Crippen LogP contribution in [0.4, 0.5) is 4.79 Å².